The Kier molecular flexibility index (Phi) is 5.31. The summed E-state index contributed by atoms with van der Waals surface area (Å²) >= 11 is 0. The first kappa shape index (κ1) is 12.2. The fourth-order valence-corrected chi connectivity index (χ4v) is 0.579. The van der Waals surface area contributed by atoms with Crippen molar-refractivity contribution in [3.05, 3.63) is 0 Å². The van der Waals surface area contributed by atoms with Crippen LogP contribution in [-0.4, -0.2) is 27.9 Å². The van der Waals surface area contributed by atoms with Crippen LogP contribution in [0.3, 0.4) is 0 Å². The Morgan fingerprint density at radius 3 is 2.00 bits per heavy atom. The number of carbonyl (C=O) groups excluding carboxylic acids is 1. The Balaban J connectivity index is 0. The Morgan fingerprint density at radius 2 is 1.90 bits per heavy atom. The number of rotatable bonds is 1. The van der Waals surface area contributed by atoms with Gasteiger partial charge in [0.15, 0.2) is 0 Å². The van der Waals surface area contributed by atoms with E-state index in [0.717, 1.165) is 13.4 Å². The molecule has 0 aromatic heterocycles. The van der Waals surface area contributed by atoms with Crippen molar-refractivity contribution in [1.29, 1.82) is 0 Å². The maximum atomic E-state index is 10.2. The standard InChI is InChI=1S/C3H7NO4S.ClH/c1-8-3(5)4-9(2,6)7;/h1-2H3,(H,4,5);1H. The molecule has 0 heterocycles. The molecule has 0 spiro atoms. The summed E-state index contributed by atoms with van der Waals surface area (Å²) in [5, 5.41) is 0. The van der Waals surface area contributed by atoms with E-state index in [1.165, 1.54) is 0 Å². The van der Waals surface area contributed by atoms with Gasteiger partial charge in [0.25, 0.3) is 0 Å². The highest BCUT2D eigenvalue weighted by Gasteiger charge is 2.05. The number of carbonyl (C=O) groups is 1. The van der Waals surface area contributed by atoms with Gasteiger partial charge in [-0.1, -0.05) is 0 Å². The first-order chi connectivity index (χ1) is 3.95. The molecule has 5 nitrogen and oxygen atoms in total. The number of ether oxygens (including phenoxy) is 1. The largest absolute Gasteiger partial charge is 0.452 e. The van der Waals surface area contributed by atoms with Crippen LogP contribution in [0.2, 0.25) is 0 Å². The second-order valence-corrected chi connectivity index (χ2v) is 3.11. The molecule has 0 aromatic rings. The monoisotopic (exact) mass is 189 g/mol. The predicted molar refractivity (Wildman–Crippen MR) is 37.6 cm³/mol. The molecule has 1 amide bonds. The topological polar surface area (TPSA) is 72.5 Å². The van der Waals surface area contributed by atoms with Gasteiger partial charge < -0.3 is 4.74 Å². The number of hydrogen-bond acceptors (Lipinski definition) is 4. The van der Waals surface area contributed by atoms with Gasteiger partial charge in [0.1, 0.15) is 0 Å². The van der Waals surface area contributed by atoms with Gasteiger partial charge in [-0.2, -0.15) is 0 Å². The second kappa shape index (κ2) is 4.35. The second-order valence-electron chi connectivity index (χ2n) is 1.37. The third-order valence-corrected chi connectivity index (χ3v) is 0.992. The summed E-state index contributed by atoms with van der Waals surface area (Å²) in [5.74, 6) is 0. The SMILES string of the molecule is COC(=O)NS(C)(=O)=O.Cl. The van der Waals surface area contributed by atoms with E-state index >= 15 is 0 Å². The van der Waals surface area contributed by atoms with Gasteiger partial charge in [-0.15, -0.1) is 12.4 Å². The minimum Gasteiger partial charge on any atom is -0.452 e. The Hall–Kier alpha value is -0.490. The zero-order valence-corrected chi connectivity index (χ0v) is 7.08. The van der Waals surface area contributed by atoms with Gasteiger partial charge in [-0.3, -0.25) is 0 Å². The predicted octanol–water partition coefficient (Wildman–Crippen LogP) is -0.276. The molecule has 0 rings (SSSR count). The fraction of sp³-hybridized carbons (Fsp3) is 0.667. The fourth-order valence-electron chi connectivity index (χ4n) is 0.193. The summed E-state index contributed by atoms with van der Waals surface area (Å²) in [4.78, 5) is 10.1. The van der Waals surface area contributed by atoms with Gasteiger partial charge >= 0.3 is 6.09 Å². The summed E-state index contributed by atoms with van der Waals surface area (Å²) in [6.45, 7) is 0. The van der Waals surface area contributed by atoms with Crippen LogP contribution in [0.25, 0.3) is 0 Å². The average molecular weight is 190 g/mol. The van der Waals surface area contributed by atoms with Crippen molar-refractivity contribution in [2.24, 2.45) is 0 Å². The lowest BCUT2D eigenvalue weighted by Crippen LogP contribution is -2.28. The van der Waals surface area contributed by atoms with Crippen LogP contribution in [0.15, 0.2) is 0 Å². The summed E-state index contributed by atoms with van der Waals surface area (Å²) < 4.78 is 26.0. The van der Waals surface area contributed by atoms with E-state index in [2.05, 4.69) is 4.74 Å². The summed E-state index contributed by atoms with van der Waals surface area (Å²) in [5.41, 5.74) is 0. The lowest BCUT2D eigenvalue weighted by Gasteiger charge is -1.97. The highest BCUT2D eigenvalue weighted by atomic mass is 35.5. The first-order valence-electron chi connectivity index (χ1n) is 2.01. The van der Waals surface area contributed by atoms with Crippen molar-refractivity contribution in [2.45, 2.75) is 0 Å². The molecule has 0 bridgehead atoms. The molecule has 0 unspecified atom stereocenters. The van der Waals surface area contributed by atoms with Gasteiger partial charge in [0.05, 0.1) is 13.4 Å². The lowest BCUT2D eigenvalue weighted by molar-refractivity contribution is 0.178. The van der Waals surface area contributed by atoms with E-state index in [-0.39, 0.29) is 12.4 Å². The van der Waals surface area contributed by atoms with Crippen molar-refractivity contribution in [2.75, 3.05) is 13.4 Å². The van der Waals surface area contributed by atoms with Gasteiger partial charge in [0.2, 0.25) is 10.0 Å². The van der Waals surface area contributed by atoms with Crippen molar-refractivity contribution in [3.8, 4) is 0 Å². The molecular weight excluding hydrogens is 182 g/mol. The van der Waals surface area contributed by atoms with E-state index in [1.807, 2.05) is 0 Å². The van der Waals surface area contributed by atoms with Crippen LogP contribution in [0.1, 0.15) is 0 Å². The molecular formula is C3H8ClNO4S. The van der Waals surface area contributed by atoms with Crippen molar-refractivity contribution < 1.29 is 17.9 Å². The Labute approximate surface area is 65.2 Å². The van der Waals surface area contributed by atoms with E-state index in [0.29, 0.717) is 0 Å². The van der Waals surface area contributed by atoms with Gasteiger partial charge in [-0.05, 0) is 0 Å². The van der Waals surface area contributed by atoms with E-state index in [9.17, 15) is 13.2 Å². The van der Waals surface area contributed by atoms with Gasteiger partial charge in [0, 0.05) is 0 Å². The molecule has 0 radical (unpaired) electrons. The highest BCUT2D eigenvalue weighted by molar-refractivity contribution is 7.89. The van der Waals surface area contributed by atoms with Crippen molar-refractivity contribution in [1.82, 2.24) is 4.72 Å². The first-order valence-corrected chi connectivity index (χ1v) is 3.90. The number of hydrogen-bond donors (Lipinski definition) is 1. The van der Waals surface area contributed by atoms with Crippen molar-refractivity contribution in [3.63, 3.8) is 0 Å². The molecule has 0 atom stereocenters. The zero-order valence-electron chi connectivity index (χ0n) is 5.45. The zero-order chi connectivity index (χ0) is 7.49. The maximum Gasteiger partial charge on any atom is 0.420 e. The molecule has 0 aromatic carbocycles. The van der Waals surface area contributed by atoms with E-state index in [1.54, 1.807) is 4.72 Å². The van der Waals surface area contributed by atoms with Crippen LogP contribution in [0.4, 0.5) is 4.79 Å². The third kappa shape index (κ3) is 7.51. The smallest absolute Gasteiger partial charge is 0.420 e. The van der Waals surface area contributed by atoms with Crippen molar-refractivity contribution >= 4 is 28.5 Å². The molecule has 7 heteroatoms. The molecule has 0 fully saturated rings. The number of nitrogens with one attached hydrogen (secondary N) is 1. The minimum absolute atomic E-state index is 0. The van der Waals surface area contributed by atoms with Crippen LogP contribution in [0.5, 0.6) is 0 Å². The lowest BCUT2D eigenvalue weighted by atomic mass is 11.2. The minimum atomic E-state index is -3.46. The third-order valence-electron chi connectivity index (χ3n) is 0.454. The summed E-state index contributed by atoms with van der Waals surface area (Å²) in [6, 6.07) is 0. The molecule has 0 aliphatic rings. The average Bonchev–Trinajstić information content (AvgIpc) is 1.62. The summed E-state index contributed by atoms with van der Waals surface area (Å²) in [6.07, 6.45) is -0.110. The number of sulfonamides is 1. The number of amides is 1. The molecule has 62 valence electrons. The highest BCUT2D eigenvalue weighted by Crippen LogP contribution is 1.76. The molecule has 10 heavy (non-hydrogen) atoms. The van der Waals surface area contributed by atoms with Crippen LogP contribution < -0.4 is 4.72 Å². The molecule has 0 saturated carbocycles. The molecule has 0 aliphatic heterocycles. The van der Waals surface area contributed by atoms with Gasteiger partial charge in [-0.25, -0.2) is 17.9 Å². The van der Waals surface area contributed by atoms with Crippen LogP contribution in [-0.2, 0) is 14.8 Å². The van der Waals surface area contributed by atoms with Crippen LogP contribution >= 0.6 is 12.4 Å². The Morgan fingerprint density at radius 1 is 1.50 bits per heavy atom. The quantitative estimate of drug-likeness (QED) is 0.616. The number of halogens is 1. The molecule has 0 saturated heterocycles. The maximum absolute atomic E-state index is 10.2. The molecule has 1 N–H and O–H groups in total. The number of methoxy groups -OCH3 is 1. The Bertz CT molecular complexity index is 199. The van der Waals surface area contributed by atoms with E-state index in [4.69, 9.17) is 0 Å². The van der Waals surface area contributed by atoms with E-state index < -0.39 is 16.1 Å². The normalized spacial score (nSPS) is 9.40. The van der Waals surface area contributed by atoms with Crippen LogP contribution in [0, 0.1) is 0 Å². The molecule has 0 aliphatic carbocycles. The summed E-state index contributed by atoms with van der Waals surface area (Å²) in [7, 11) is -2.38.